The number of hydrogen-bond donors (Lipinski definition) is 3. The molecule has 0 saturated carbocycles. The molecule has 206 valence electrons. The molecule has 0 bridgehead atoms. The first-order chi connectivity index (χ1) is 17.2. The van der Waals surface area contributed by atoms with Gasteiger partial charge in [-0.15, -0.1) is 0 Å². The van der Waals surface area contributed by atoms with Gasteiger partial charge in [0.05, 0.1) is 0 Å². The Morgan fingerprint density at radius 2 is 1.22 bits per heavy atom. The van der Waals surface area contributed by atoms with E-state index >= 15 is 0 Å². The normalized spacial score (nSPS) is 12.2. The number of unbranched alkanes of at least 4 members (excludes halogenated alkanes) is 14. The van der Waals surface area contributed by atoms with Crippen LogP contribution < -0.4 is 16.0 Å². The van der Waals surface area contributed by atoms with E-state index in [1.165, 1.54) is 77.0 Å². The number of carbonyl (C=O) groups excluding carboxylic acids is 1. The van der Waals surface area contributed by atoms with E-state index in [4.69, 9.17) is 58.6 Å². The van der Waals surface area contributed by atoms with Crippen molar-refractivity contribution in [3.05, 3.63) is 29.3 Å². The summed E-state index contributed by atoms with van der Waals surface area (Å²) in [5.41, 5.74) is 0.726. The lowest BCUT2D eigenvalue weighted by Gasteiger charge is -2.27. The summed E-state index contributed by atoms with van der Waals surface area (Å²) in [6.45, 7) is 2.26. The van der Waals surface area contributed by atoms with E-state index in [1.54, 1.807) is 24.3 Å². The first-order valence-electron chi connectivity index (χ1n) is 13.4. The molecule has 0 aliphatic carbocycles. The number of thiocarbonyl (C=S) groups is 1. The average Bonchev–Trinajstić information content (AvgIpc) is 2.82. The fourth-order valence-electron chi connectivity index (χ4n) is 3.92. The number of hydrogen-bond acceptors (Lipinski definition) is 2. The van der Waals surface area contributed by atoms with Gasteiger partial charge in [-0.05, 0) is 42.9 Å². The monoisotopic (exact) mass is 597 g/mol. The van der Waals surface area contributed by atoms with Crippen molar-refractivity contribution in [3.8, 4) is 0 Å². The summed E-state index contributed by atoms with van der Waals surface area (Å²) >= 11 is 29.4. The molecule has 0 aromatic heterocycles. The summed E-state index contributed by atoms with van der Waals surface area (Å²) in [6, 6.07) is 7.02. The number of halogens is 4. The van der Waals surface area contributed by atoms with Crippen molar-refractivity contribution in [2.75, 3.05) is 5.32 Å². The minimum Gasteiger partial charge on any atom is -0.339 e. The lowest BCUT2D eigenvalue weighted by atomic mass is 10.0. The third kappa shape index (κ3) is 17.9. The predicted octanol–water partition coefficient (Wildman–Crippen LogP) is 9.70. The summed E-state index contributed by atoms with van der Waals surface area (Å²) in [7, 11) is 0. The minimum absolute atomic E-state index is 0.178. The maximum atomic E-state index is 12.4. The van der Waals surface area contributed by atoms with Crippen LogP contribution in [0.1, 0.15) is 110 Å². The van der Waals surface area contributed by atoms with Gasteiger partial charge in [-0.25, -0.2) is 0 Å². The zero-order chi connectivity index (χ0) is 26.7. The first kappa shape index (κ1) is 33.6. The highest BCUT2D eigenvalue weighted by Gasteiger charge is 2.34. The van der Waals surface area contributed by atoms with Crippen molar-refractivity contribution in [2.24, 2.45) is 0 Å². The Balaban J connectivity index is 2.11. The van der Waals surface area contributed by atoms with Crippen LogP contribution in [-0.4, -0.2) is 21.0 Å². The number of amides is 1. The summed E-state index contributed by atoms with van der Waals surface area (Å²) in [5, 5.41) is 9.42. The standard InChI is InChI=1S/C27H43Cl4N3OS/c1-2-3-4-5-6-7-8-9-10-11-12-13-14-15-16-17-24(35)33-25(27(29,30)31)34-26(36)32-23-20-18-22(28)19-21-23/h18-21,25H,2-17H2,1H3,(H,33,35)(H2,32,34,36)/t25-/m0/s1. The van der Waals surface area contributed by atoms with Gasteiger partial charge >= 0.3 is 0 Å². The summed E-state index contributed by atoms with van der Waals surface area (Å²) in [4.78, 5) is 12.4. The second kappa shape index (κ2) is 20.5. The molecule has 1 rings (SSSR count). The van der Waals surface area contributed by atoms with Crippen LogP contribution in [0, 0.1) is 0 Å². The molecule has 0 aliphatic heterocycles. The second-order valence-corrected chi connectivity index (χ2v) is 12.6. The van der Waals surface area contributed by atoms with Crippen molar-refractivity contribution in [1.82, 2.24) is 10.6 Å². The Bertz CT molecular complexity index is 729. The lowest BCUT2D eigenvalue weighted by Crippen LogP contribution is -2.56. The Kier molecular flexibility index (Phi) is 19.1. The molecule has 3 N–H and O–H groups in total. The fourth-order valence-corrected chi connectivity index (χ4v) is 4.61. The number of nitrogens with one attached hydrogen (secondary N) is 3. The maximum Gasteiger partial charge on any atom is 0.228 e. The molecule has 0 spiro atoms. The van der Waals surface area contributed by atoms with Crippen LogP contribution >= 0.6 is 58.6 Å². The van der Waals surface area contributed by atoms with Gasteiger partial charge < -0.3 is 16.0 Å². The minimum atomic E-state index is -1.77. The molecular weight excluding hydrogens is 556 g/mol. The van der Waals surface area contributed by atoms with Gasteiger partial charge in [0.1, 0.15) is 6.17 Å². The molecule has 36 heavy (non-hydrogen) atoms. The third-order valence-electron chi connectivity index (χ3n) is 6.02. The quantitative estimate of drug-likeness (QED) is 0.0642. The van der Waals surface area contributed by atoms with E-state index in [2.05, 4.69) is 22.9 Å². The van der Waals surface area contributed by atoms with Crippen LogP contribution in [0.3, 0.4) is 0 Å². The van der Waals surface area contributed by atoms with Gasteiger partial charge in [0.2, 0.25) is 9.70 Å². The molecule has 4 nitrogen and oxygen atoms in total. The van der Waals surface area contributed by atoms with Crippen molar-refractivity contribution < 1.29 is 4.79 Å². The van der Waals surface area contributed by atoms with E-state index < -0.39 is 9.96 Å². The molecule has 0 radical (unpaired) electrons. The maximum absolute atomic E-state index is 12.4. The highest BCUT2D eigenvalue weighted by Crippen LogP contribution is 2.29. The van der Waals surface area contributed by atoms with E-state index in [-0.39, 0.29) is 11.0 Å². The molecule has 1 amide bonds. The lowest BCUT2D eigenvalue weighted by molar-refractivity contribution is -0.122. The van der Waals surface area contributed by atoms with E-state index in [0.29, 0.717) is 11.4 Å². The number of benzene rings is 1. The van der Waals surface area contributed by atoms with Crippen molar-refractivity contribution >= 4 is 75.3 Å². The highest BCUT2D eigenvalue weighted by atomic mass is 35.6. The summed E-state index contributed by atoms with van der Waals surface area (Å²) in [6.07, 6.45) is 18.6. The number of alkyl halides is 3. The first-order valence-corrected chi connectivity index (χ1v) is 15.3. The van der Waals surface area contributed by atoms with Crippen LogP contribution in [0.4, 0.5) is 5.69 Å². The fraction of sp³-hybridized carbons (Fsp3) is 0.704. The van der Waals surface area contributed by atoms with Crippen molar-refractivity contribution in [2.45, 2.75) is 120 Å². The molecule has 0 unspecified atom stereocenters. The van der Waals surface area contributed by atoms with E-state index in [9.17, 15) is 4.79 Å². The van der Waals surface area contributed by atoms with E-state index in [0.717, 1.165) is 24.9 Å². The molecular formula is C27H43Cl4N3OS. The topological polar surface area (TPSA) is 53.2 Å². The van der Waals surface area contributed by atoms with Gasteiger partial charge in [0, 0.05) is 17.1 Å². The smallest absolute Gasteiger partial charge is 0.228 e. The number of rotatable bonds is 19. The van der Waals surface area contributed by atoms with Gasteiger partial charge in [-0.2, -0.15) is 0 Å². The van der Waals surface area contributed by atoms with Crippen molar-refractivity contribution in [1.29, 1.82) is 0 Å². The van der Waals surface area contributed by atoms with Gasteiger partial charge in [0.15, 0.2) is 5.11 Å². The van der Waals surface area contributed by atoms with Gasteiger partial charge in [-0.3, -0.25) is 4.79 Å². The SMILES string of the molecule is CCCCCCCCCCCCCCCCCC(=O)N[C@@H](NC(=S)Nc1ccc(Cl)cc1)C(Cl)(Cl)Cl. The molecule has 1 atom stereocenters. The Hall–Kier alpha value is -0.460. The summed E-state index contributed by atoms with van der Waals surface area (Å²) < 4.78 is -1.77. The Morgan fingerprint density at radius 1 is 0.778 bits per heavy atom. The number of anilines is 1. The molecule has 0 heterocycles. The molecule has 1 aromatic rings. The third-order valence-corrected chi connectivity index (χ3v) is 7.14. The summed E-state index contributed by atoms with van der Waals surface area (Å²) in [5.74, 6) is -0.178. The van der Waals surface area contributed by atoms with Crippen LogP contribution in [0.25, 0.3) is 0 Å². The van der Waals surface area contributed by atoms with Gasteiger partial charge in [-0.1, -0.05) is 143 Å². The average molecular weight is 600 g/mol. The van der Waals surface area contributed by atoms with Crippen LogP contribution in [0.2, 0.25) is 5.02 Å². The Labute approximate surface area is 243 Å². The van der Waals surface area contributed by atoms with Crippen molar-refractivity contribution in [3.63, 3.8) is 0 Å². The molecule has 1 aromatic carbocycles. The zero-order valence-electron chi connectivity index (χ0n) is 21.5. The molecule has 0 aliphatic rings. The second-order valence-electron chi connectivity index (χ2n) is 9.35. The molecule has 0 fully saturated rings. The Morgan fingerprint density at radius 3 is 1.67 bits per heavy atom. The number of carbonyl (C=O) groups is 1. The van der Waals surface area contributed by atoms with Crippen LogP contribution in [-0.2, 0) is 4.79 Å². The van der Waals surface area contributed by atoms with Crippen LogP contribution in [0.5, 0.6) is 0 Å². The van der Waals surface area contributed by atoms with Gasteiger partial charge in [0.25, 0.3) is 0 Å². The van der Waals surface area contributed by atoms with Crippen LogP contribution in [0.15, 0.2) is 24.3 Å². The largest absolute Gasteiger partial charge is 0.339 e. The molecule has 0 saturated heterocycles. The zero-order valence-corrected chi connectivity index (χ0v) is 25.4. The van der Waals surface area contributed by atoms with E-state index in [1.807, 2.05) is 0 Å². The highest BCUT2D eigenvalue weighted by molar-refractivity contribution is 7.80. The molecule has 9 heteroatoms. The predicted molar refractivity (Wildman–Crippen MR) is 163 cm³/mol.